The highest BCUT2D eigenvalue weighted by molar-refractivity contribution is 7.13. The van der Waals surface area contributed by atoms with Crippen LogP contribution in [0.5, 0.6) is 0 Å². The summed E-state index contributed by atoms with van der Waals surface area (Å²) in [4.78, 5) is 15.1. The third-order valence-corrected chi connectivity index (χ3v) is 4.68. The Balaban J connectivity index is 1.64. The Morgan fingerprint density at radius 3 is 2.79 bits per heavy atom. The zero-order valence-electron chi connectivity index (χ0n) is 14.9. The number of hydrogen-bond acceptors (Lipinski definition) is 5. The second kappa shape index (κ2) is 9.27. The van der Waals surface area contributed by atoms with Gasteiger partial charge in [0, 0.05) is 52.0 Å². The highest BCUT2D eigenvalue weighted by Crippen LogP contribution is 2.17. The number of rotatable bonds is 8. The third kappa shape index (κ3) is 5.52. The highest BCUT2D eigenvalue weighted by Gasteiger charge is 2.04. The van der Waals surface area contributed by atoms with E-state index in [0.717, 1.165) is 48.5 Å². The molecule has 2 heterocycles. The van der Waals surface area contributed by atoms with Crippen LogP contribution >= 0.6 is 11.3 Å². The van der Waals surface area contributed by atoms with E-state index in [0.29, 0.717) is 6.54 Å². The first-order valence-corrected chi connectivity index (χ1v) is 9.02. The number of nitrogens with one attached hydrogen (secondary N) is 2. The van der Waals surface area contributed by atoms with E-state index in [-0.39, 0.29) is 0 Å². The summed E-state index contributed by atoms with van der Waals surface area (Å²) >= 11 is 1.65. The summed E-state index contributed by atoms with van der Waals surface area (Å²) < 4.78 is 2.18. The number of anilines is 1. The second-order valence-corrected chi connectivity index (χ2v) is 6.58. The summed E-state index contributed by atoms with van der Waals surface area (Å²) in [5.41, 5.74) is 1.03. The summed E-state index contributed by atoms with van der Waals surface area (Å²) in [6.45, 7) is 4.61. The van der Waals surface area contributed by atoms with Crippen molar-refractivity contribution >= 4 is 22.4 Å². The van der Waals surface area contributed by atoms with Crippen molar-refractivity contribution in [2.45, 2.75) is 32.9 Å². The van der Waals surface area contributed by atoms with E-state index >= 15 is 0 Å². The fraction of sp³-hybridized carbons (Fsp3) is 0.562. The first kappa shape index (κ1) is 18.3. The second-order valence-electron chi connectivity index (χ2n) is 5.74. The number of hydrogen-bond donors (Lipinski definition) is 2. The fourth-order valence-corrected chi connectivity index (χ4v) is 2.99. The molecular weight excluding hydrogens is 322 g/mol. The molecule has 2 rings (SSSR count). The summed E-state index contributed by atoms with van der Waals surface area (Å²) in [5, 5.41) is 9.73. The average Bonchev–Trinajstić information content (AvgIpc) is 3.19. The molecule has 2 N–H and O–H groups in total. The van der Waals surface area contributed by atoms with Gasteiger partial charge in [-0.3, -0.25) is 4.99 Å². The maximum Gasteiger partial charge on any atom is 0.191 e. The van der Waals surface area contributed by atoms with Crippen molar-refractivity contribution in [2.24, 2.45) is 4.99 Å². The normalized spacial score (nSPS) is 11.6. The van der Waals surface area contributed by atoms with E-state index in [1.807, 2.05) is 38.3 Å². The number of aryl methyl sites for hydroxylation is 2. The van der Waals surface area contributed by atoms with Crippen LogP contribution in [0.1, 0.15) is 24.4 Å². The Morgan fingerprint density at radius 2 is 2.17 bits per heavy atom. The molecule has 24 heavy (non-hydrogen) atoms. The fourth-order valence-electron chi connectivity index (χ4n) is 2.23. The first-order chi connectivity index (χ1) is 11.6. The minimum atomic E-state index is 0.679. The van der Waals surface area contributed by atoms with Crippen LogP contribution in [-0.4, -0.2) is 48.2 Å². The van der Waals surface area contributed by atoms with E-state index in [2.05, 4.69) is 35.5 Å². The zero-order valence-corrected chi connectivity index (χ0v) is 15.7. The number of aromatic nitrogens is 3. The van der Waals surface area contributed by atoms with Crippen molar-refractivity contribution in [1.29, 1.82) is 0 Å². The van der Waals surface area contributed by atoms with Gasteiger partial charge in [0.05, 0.1) is 12.2 Å². The van der Waals surface area contributed by atoms with Crippen LogP contribution in [0.3, 0.4) is 0 Å². The molecule has 0 atom stereocenters. The smallest absolute Gasteiger partial charge is 0.191 e. The van der Waals surface area contributed by atoms with Crippen LogP contribution in [0.15, 0.2) is 22.8 Å². The summed E-state index contributed by atoms with van der Waals surface area (Å²) in [6.07, 6.45) is 6.07. The van der Waals surface area contributed by atoms with Crippen LogP contribution in [0.2, 0.25) is 0 Å². The molecule has 8 heteroatoms. The van der Waals surface area contributed by atoms with Crippen molar-refractivity contribution < 1.29 is 0 Å². The van der Waals surface area contributed by atoms with E-state index in [1.165, 1.54) is 0 Å². The van der Waals surface area contributed by atoms with E-state index in [9.17, 15) is 0 Å². The Hall–Kier alpha value is -2.09. The van der Waals surface area contributed by atoms with Gasteiger partial charge < -0.3 is 20.1 Å². The predicted molar refractivity (Wildman–Crippen MR) is 101 cm³/mol. The molecule has 2 aromatic rings. The van der Waals surface area contributed by atoms with Gasteiger partial charge in [-0.15, -0.1) is 11.3 Å². The molecule has 0 fully saturated rings. The van der Waals surface area contributed by atoms with Gasteiger partial charge in [0.2, 0.25) is 0 Å². The molecule has 0 saturated heterocycles. The minimum absolute atomic E-state index is 0.679. The molecule has 0 aromatic carbocycles. The van der Waals surface area contributed by atoms with Crippen molar-refractivity contribution in [3.05, 3.63) is 29.3 Å². The predicted octanol–water partition coefficient (Wildman–Crippen LogP) is 1.86. The topological polar surface area (TPSA) is 70.4 Å². The monoisotopic (exact) mass is 349 g/mol. The molecule has 0 spiro atoms. The lowest BCUT2D eigenvalue weighted by Crippen LogP contribution is -2.37. The number of aliphatic imine (C=N–C) groups is 1. The molecule has 0 aliphatic carbocycles. The molecule has 0 aliphatic heterocycles. The van der Waals surface area contributed by atoms with Gasteiger partial charge in [0.1, 0.15) is 5.82 Å². The number of unbranched alkanes of at least 4 members (excludes halogenated alkanes) is 1. The van der Waals surface area contributed by atoms with Gasteiger partial charge >= 0.3 is 0 Å². The Labute approximate surface area is 147 Å². The molecule has 0 radical (unpaired) electrons. The van der Waals surface area contributed by atoms with Crippen molar-refractivity contribution in [2.75, 3.05) is 32.6 Å². The lowest BCUT2D eigenvalue weighted by atomic mass is 10.3. The van der Waals surface area contributed by atoms with Gasteiger partial charge in [-0.25, -0.2) is 9.97 Å². The Kier molecular flexibility index (Phi) is 7.05. The SMILES string of the molecule is CN=C(NCCCCn1ccnc1C)NCc1csc(N(C)C)n1. The van der Waals surface area contributed by atoms with Gasteiger partial charge in [-0.05, 0) is 19.8 Å². The molecule has 0 unspecified atom stereocenters. The van der Waals surface area contributed by atoms with Gasteiger partial charge in [0.25, 0.3) is 0 Å². The molecule has 0 saturated carbocycles. The number of thiazole rings is 1. The Bertz CT molecular complexity index is 644. The minimum Gasteiger partial charge on any atom is -0.356 e. The summed E-state index contributed by atoms with van der Waals surface area (Å²) in [7, 11) is 5.79. The van der Waals surface area contributed by atoms with Crippen molar-refractivity contribution in [3.8, 4) is 0 Å². The van der Waals surface area contributed by atoms with Gasteiger partial charge in [-0.1, -0.05) is 0 Å². The maximum absolute atomic E-state index is 4.55. The van der Waals surface area contributed by atoms with Gasteiger partial charge in [-0.2, -0.15) is 0 Å². The molecule has 0 bridgehead atoms. The van der Waals surface area contributed by atoms with E-state index < -0.39 is 0 Å². The summed E-state index contributed by atoms with van der Waals surface area (Å²) in [6, 6.07) is 0. The van der Waals surface area contributed by atoms with Crippen LogP contribution in [0.4, 0.5) is 5.13 Å². The van der Waals surface area contributed by atoms with E-state index in [4.69, 9.17) is 0 Å². The molecule has 0 amide bonds. The van der Waals surface area contributed by atoms with Crippen LogP contribution in [0.25, 0.3) is 0 Å². The molecular formula is C16H27N7S. The van der Waals surface area contributed by atoms with Gasteiger partial charge in [0.15, 0.2) is 11.1 Å². The number of guanidine groups is 1. The van der Waals surface area contributed by atoms with E-state index in [1.54, 1.807) is 18.4 Å². The summed E-state index contributed by atoms with van der Waals surface area (Å²) in [5.74, 6) is 1.88. The van der Waals surface area contributed by atoms with Crippen molar-refractivity contribution in [3.63, 3.8) is 0 Å². The van der Waals surface area contributed by atoms with Crippen LogP contribution < -0.4 is 15.5 Å². The standard InChI is InChI=1S/C16H27N7S/c1-13-18-8-10-23(13)9-6-5-7-19-15(17-2)20-11-14-12-24-16(21-14)22(3)4/h8,10,12H,5-7,9,11H2,1-4H3,(H2,17,19,20). The first-order valence-electron chi connectivity index (χ1n) is 8.14. The lowest BCUT2D eigenvalue weighted by Gasteiger charge is -2.11. The van der Waals surface area contributed by atoms with Crippen molar-refractivity contribution in [1.82, 2.24) is 25.2 Å². The third-order valence-electron chi connectivity index (χ3n) is 3.62. The number of imidazole rings is 1. The quantitative estimate of drug-likeness (QED) is 0.432. The molecule has 132 valence electrons. The highest BCUT2D eigenvalue weighted by atomic mass is 32.1. The molecule has 0 aliphatic rings. The molecule has 2 aromatic heterocycles. The number of nitrogens with zero attached hydrogens (tertiary/aromatic N) is 5. The van der Waals surface area contributed by atoms with Crippen LogP contribution in [-0.2, 0) is 13.1 Å². The van der Waals surface area contributed by atoms with Crippen LogP contribution in [0, 0.1) is 6.92 Å². The zero-order chi connectivity index (χ0) is 17.4. The average molecular weight is 350 g/mol. The Morgan fingerprint density at radius 1 is 1.33 bits per heavy atom. The largest absolute Gasteiger partial charge is 0.356 e. The lowest BCUT2D eigenvalue weighted by molar-refractivity contribution is 0.588. The molecule has 7 nitrogen and oxygen atoms in total. The maximum atomic E-state index is 4.55.